The summed E-state index contributed by atoms with van der Waals surface area (Å²) in [5, 5.41) is 0.903. The summed E-state index contributed by atoms with van der Waals surface area (Å²) in [6.45, 7) is 0.747. The molecule has 2 aromatic carbocycles. The van der Waals surface area contributed by atoms with E-state index in [1.165, 1.54) is 0 Å². The largest absolute Gasteiger partial charge is 0.487 e. The topological polar surface area (TPSA) is 35.2 Å². The fourth-order valence-electron chi connectivity index (χ4n) is 1.65. The summed E-state index contributed by atoms with van der Waals surface area (Å²) in [5.41, 5.74) is 7.27. The predicted octanol–water partition coefficient (Wildman–Crippen LogP) is 3.88. The molecule has 2 aromatic rings. The van der Waals surface area contributed by atoms with Crippen LogP contribution in [0.4, 0.5) is 0 Å². The molecule has 0 fully saturated rings. The second-order valence-electron chi connectivity index (χ2n) is 4.05. The van der Waals surface area contributed by atoms with Gasteiger partial charge in [-0.2, -0.15) is 0 Å². The highest BCUT2D eigenvalue weighted by Gasteiger charge is 2.05. The number of halogens is 2. The average Bonchev–Trinajstić information content (AvgIpc) is 2.47. The van der Waals surface area contributed by atoms with Crippen molar-refractivity contribution in [2.45, 2.75) is 6.61 Å². The van der Waals surface area contributed by atoms with Crippen LogP contribution in [-0.4, -0.2) is 6.54 Å². The van der Waals surface area contributed by atoms with Crippen molar-refractivity contribution in [3.8, 4) is 17.6 Å². The number of hydrogen-bond donors (Lipinski definition) is 1. The molecule has 0 saturated heterocycles. The lowest BCUT2D eigenvalue weighted by atomic mass is 10.1. The molecule has 0 aliphatic rings. The van der Waals surface area contributed by atoms with Gasteiger partial charge in [-0.05, 0) is 29.8 Å². The first kappa shape index (κ1) is 14.7. The van der Waals surface area contributed by atoms with Gasteiger partial charge < -0.3 is 10.5 Å². The van der Waals surface area contributed by atoms with Crippen molar-refractivity contribution in [2.75, 3.05) is 6.54 Å². The predicted molar refractivity (Wildman–Crippen MR) is 83.2 cm³/mol. The van der Waals surface area contributed by atoms with E-state index in [0.29, 0.717) is 28.9 Å². The summed E-state index contributed by atoms with van der Waals surface area (Å²) < 4.78 is 5.67. The minimum Gasteiger partial charge on any atom is -0.487 e. The number of hydrogen-bond acceptors (Lipinski definition) is 2. The van der Waals surface area contributed by atoms with E-state index in [9.17, 15) is 0 Å². The summed E-state index contributed by atoms with van der Waals surface area (Å²) in [7, 11) is 0. The lowest BCUT2D eigenvalue weighted by molar-refractivity contribution is 0.306. The third-order valence-electron chi connectivity index (χ3n) is 2.57. The molecule has 0 atom stereocenters. The molecule has 0 heterocycles. The number of nitrogens with two attached hydrogens (primary N) is 1. The molecule has 0 aliphatic heterocycles. The van der Waals surface area contributed by atoms with E-state index in [4.69, 9.17) is 33.7 Å². The molecular weight excluding hydrogens is 293 g/mol. The van der Waals surface area contributed by atoms with Gasteiger partial charge in [0.05, 0.1) is 11.6 Å². The molecule has 0 spiro atoms. The van der Waals surface area contributed by atoms with Gasteiger partial charge >= 0.3 is 0 Å². The minimum absolute atomic E-state index is 0.346. The molecule has 2 N–H and O–H groups in total. The summed E-state index contributed by atoms with van der Waals surface area (Å²) >= 11 is 12.0. The Balaban J connectivity index is 2.09. The maximum Gasteiger partial charge on any atom is 0.139 e. The van der Waals surface area contributed by atoms with Gasteiger partial charge in [-0.1, -0.05) is 53.2 Å². The second-order valence-corrected chi connectivity index (χ2v) is 4.83. The summed E-state index contributed by atoms with van der Waals surface area (Å²) in [6.07, 6.45) is 0. The van der Waals surface area contributed by atoms with Gasteiger partial charge in [0, 0.05) is 5.56 Å². The highest BCUT2D eigenvalue weighted by Crippen LogP contribution is 2.31. The quantitative estimate of drug-likeness (QED) is 0.873. The fraction of sp³-hybridized carbons (Fsp3) is 0.125. The average molecular weight is 306 g/mol. The first-order chi connectivity index (χ1) is 9.70. The molecule has 2 nitrogen and oxygen atoms in total. The molecule has 102 valence electrons. The van der Waals surface area contributed by atoms with Crippen molar-refractivity contribution in [1.82, 2.24) is 0 Å². The molecule has 0 saturated carbocycles. The Labute approximate surface area is 128 Å². The summed E-state index contributed by atoms with van der Waals surface area (Å²) in [6, 6.07) is 13.1. The third kappa shape index (κ3) is 3.91. The zero-order valence-corrected chi connectivity index (χ0v) is 12.2. The van der Waals surface area contributed by atoms with Gasteiger partial charge in [0.25, 0.3) is 0 Å². The smallest absolute Gasteiger partial charge is 0.139 e. The van der Waals surface area contributed by atoms with E-state index in [-0.39, 0.29) is 0 Å². The van der Waals surface area contributed by atoms with Gasteiger partial charge in [-0.25, -0.2) is 0 Å². The van der Waals surface area contributed by atoms with E-state index in [1.54, 1.807) is 18.2 Å². The lowest BCUT2D eigenvalue weighted by Gasteiger charge is -2.09. The molecule has 0 aliphatic carbocycles. The SMILES string of the molecule is NCC#Cc1cccc(COc2cccc(Cl)c2Cl)c1. The fourth-order valence-corrected chi connectivity index (χ4v) is 1.99. The highest BCUT2D eigenvalue weighted by atomic mass is 35.5. The van der Waals surface area contributed by atoms with Crippen LogP contribution in [0.2, 0.25) is 10.0 Å². The van der Waals surface area contributed by atoms with Crippen LogP contribution in [0.15, 0.2) is 42.5 Å². The lowest BCUT2D eigenvalue weighted by Crippen LogP contribution is -1.97. The number of ether oxygens (including phenoxy) is 1. The summed E-state index contributed by atoms with van der Waals surface area (Å²) in [4.78, 5) is 0. The van der Waals surface area contributed by atoms with Crippen LogP contribution in [0.3, 0.4) is 0 Å². The Bertz CT molecular complexity index is 659. The van der Waals surface area contributed by atoms with E-state index < -0.39 is 0 Å². The minimum atomic E-state index is 0.346. The molecule has 0 bridgehead atoms. The Morgan fingerprint density at radius 3 is 2.70 bits per heavy atom. The van der Waals surface area contributed by atoms with Gasteiger partial charge in [0.15, 0.2) is 0 Å². The van der Waals surface area contributed by atoms with Crippen LogP contribution in [-0.2, 0) is 6.61 Å². The standard InChI is InChI=1S/C16H13Cl2NO/c17-14-7-2-8-15(16(14)18)20-11-13-5-1-4-12(10-13)6-3-9-19/h1-2,4-5,7-8,10H,9,11,19H2. The van der Waals surface area contributed by atoms with Crippen molar-refractivity contribution in [3.05, 3.63) is 63.6 Å². The maximum atomic E-state index is 6.07. The molecule has 0 amide bonds. The maximum absolute atomic E-state index is 6.07. The molecule has 4 heteroatoms. The van der Waals surface area contributed by atoms with Crippen LogP contribution in [0, 0.1) is 11.8 Å². The van der Waals surface area contributed by atoms with E-state index in [2.05, 4.69) is 11.8 Å². The van der Waals surface area contributed by atoms with Crippen LogP contribution in [0.1, 0.15) is 11.1 Å². The number of rotatable bonds is 3. The van der Waals surface area contributed by atoms with Crippen LogP contribution >= 0.6 is 23.2 Å². The Morgan fingerprint density at radius 1 is 1.10 bits per heavy atom. The van der Waals surface area contributed by atoms with Crippen molar-refractivity contribution in [2.24, 2.45) is 5.73 Å². The first-order valence-corrected chi connectivity index (χ1v) is 6.81. The molecule has 0 radical (unpaired) electrons. The van der Waals surface area contributed by atoms with E-state index in [1.807, 2.05) is 24.3 Å². The molecule has 2 rings (SSSR count). The van der Waals surface area contributed by atoms with Crippen LogP contribution < -0.4 is 10.5 Å². The van der Waals surface area contributed by atoms with E-state index >= 15 is 0 Å². The van der Waals surface area contributed by atoms with Gasteiger partial charge in [0.1, 0.15) is 17.4 Å². The monoisotopic (exact) mass is 305 g/mol. The normalized spacial score (nSPS) is 9.75. The zero-order chi connectivity index (χ0) is 14.4. The van der Waals surface area contributed by atoms with Crippen molar-refractivity contribution < 1.29 is 4.74 Å². The molecule has 20 heavy (non-hydrogen) atoms. The zero-order valence-electron chi connectivity index (χ0n) is 10.7. The summed E-state index contributed by atoms with van der Waals surface area (Å²) in [5.74, 6) is 6.37. The molecule has 0 unspecified atom stereocenters. The Kier molecular flexibility index (Phi) is 5.31. The number of benzene rings is 2. The van der Waals surface area contributed by atoms with Crippen molar-refractivity contribution in [3.63, 3.8) is 0 Å². The Morgan fingerprint density at radius 2 is 1.90 bits per heavy atom. The highest BCUT2D eigenvalue weighted by molar-refractivity contribution is 6.42. The molecule has 0 aromatic heterocycles. The van der Waals surface area contributed by atoms with Crippen molar-refractivity contribution >= 4 is 23.2 Å². The van der Waals surface area contributed by atoms with Crippen LogP contribution in [0.5, 0.6) is 5.75 Å². The Hall–Kier alpha value is -1.66. The van der Waals surface area contributed by atoms with Crippen LogP contribution in [0.25, 0.3) is 0 Å². The van der Waals surface area contributed by atoms with Gasteiger partial charge in [-0.3, -0.25) is 0 Å². The second kappa shape index (κ2) is 7.21. The van der Waals surface area contributed by atoms with Gasteiger partial charge in [0.2, 0.25) is 0 Å². The first-order valence-electron chi connectivity index (χ1n) is 6.05. The molecular formula is C16H13Cl2NO. The van der Waals surface area contributed by atoms with E-state index in [0.717, 1.165) is 11.1 Å². The third-order valence-corrected chi connectivity index (χ3v) is 3.37. The van der Waals surface area contributed by atoms with Gasteiger partial charge in [-0.15, -0.1) is 0 Å². The van der Waals surface area contributed by atoms with Crippen molar-refractivity contribution in [1.29, 1.82) is 0 Å².